The molecular weight excluding hydrogens is 224 g/mol. The van der Waals surface area contributed by atoms with Gasteiger partial charge in [0.25, 0.3) is 0 Å². The largest absolute Gasteiger partial charge is 0.375 e. The SMILES string of the molecule is c1ccc(COCCN2CC3CCC(C2)N3)cc1. The number of hydrogen-bond donors (Lipinski definition) is 1. The second kappa shape index (κ2) is 5.83. The van der Waals surface area contributed by atoms with Gasteiger partial charge < -0.3 is 10.1 Å². The van der Waals surface area contributed by atoms with Crippen molar-refractivity contribution in [2.75, 3.05) is 26.2 Å². The molecule has 2 heterocycles. The van der Waals surface area contributed by atoms with E-state index >= 15 is 0 Å². The van der Waals surface area contributed by atoms with Gasteiger partial charge in [0.1, 0.15) is 0 Å². The first-order valence-corrected chi connectivity index (χ1v) is 7.00. The van der Waals surface area contributed by atoms with Gasteiger partial charge in [-0.25, -0.2) is 0 Å². The van der Waals surface area contributed by atoms with Crippen LogP contribution < -0.4 is 5.32 Å². The van der Waals surface area contributed by atoms with E-state index in [0.717, 1.165) is 31.8 Å². The Kier molecular flexibility index (Phi) is 3.93. The van der Waals surface area contributed by atoms with E-state index in [-0.39, 0.29) is 0 Å². The molecule has 0 spiro atoms. The zero-order chi connectivity index (χ0) is 12.2. The van der Waals surface area contributed by atoms with E-state index in [0.29, 0.717) is 0 Å². The minimum atomic E-state index is 0.734. The molecular formula is C15H22N2O. The maximum Gasteiger partial charge on any atom is 0.0717 e. The minimum absolute atomic E-state index is 0.734. The van der Waals surface area contributed by atoms with Crippen molar-refractivity contribution in [3.8, 4) is 0 Å². The van der Waals surface area contributed by atoms with E-state index in [2.05, 4.69) is 34.5 Å². The van der Waals surface area contributed by atoms with Gasteiger partial charge in [-0.2, -0.15) is 0 Å². The fourth-order valence-electron chi connectivity index (χ4n) is 3.03. The molecule has 0 aromatic heterocycles. The molecule has 2 unspecified atom stereocenters. The Balaban J connectivity index is 1.35. The number of benzene rings is 1. The van der Waals surface area contributed by atoms with Crippen molar-refractivity contribution in [1.82, 2.24) is 10.2 Å². The highest BCUT2D eigenvalue weighted by molar-refractivity contribution is 5.13. The van der Waals surface area contributed by atoms with Crippen molar-refractivity contribution in [1.29, 1.82) is 0 Å². The molecule has 3 rings (SSSR count). The van der Waals surface area contributed by atoms with E-state index < -0.39 is 0 Å². The Morgan fingerprint density at radius 1 is 1.11 bits per heavy atom. The maximum absolute atomic E-state index is 5.75. The van der Waals surface area contributed by atoms with Crippen LogP contribution in [0, 0.1) is 0 Å². The highest BCUT2D eigenvalue weighted by atomic mass is 16.5. The lowest BCUT2D eigenvalue weighted by Gasteiger charge is -2.32. The van der Waals surface area contributed by atoms with E-state index in [1.165, 1.54) is 31.5 Å². The molecule has 3 heteroatoms. The summed E-state index contributed by atoms with van der Waals surface area (Å²) in [5.74, 6) is 0. The fourth-order valence-corrected chi connectivity index (χ4v) is 3.03. The highest BCUT2D eigenvalue weighted by Crippen LogP contribution is 2.19. The van der Waals surface area contributed by atoms with E-state index in [4.69, 9.17) is 4.74 Å². The van der Waals surface area contributed by atoms with Gasteiger partial charge in [0, 0.05) is 31.7 Å². The Bertz CT molecular complexity index is 356. The van der Waals surface area contributed by atoms with Crippen LogP contribution in [0.3, 0.4) is 0 Å². The molecule has 1 N–H and O–H groups in total. The van der Waals surface area contributed by atoms with Crippen LogP contribution in [-0.2, 0) is 11.3 Å². The molecule has 2 fully saturated rings. The highest BCUT2D eigenvalue weighted by Gasteiger charge is 2.31. The van der Waals surface area contributed by atoms with Crippen molar-refractivity contribution in [3.05, 3.63) is 35.9 Å². The lowest BCUT2D eigenvalue weighted by molar-refractivity contribution is 0.0811. The smallest absolute Gasteiger partial charge is 0.0717 e. The van der Waals surface area contributed by atoms with Crippen molar-refractivity contribution in [2.45, 2.75) is 31.5 Å². The van der Waals surface area contributed by atoms with Crippen LogP contribution in [0.1, 0.15) is 18.4 Å². The molecule has 1 aromatic carbocycles. The van der Waals surface area contributed by atoms with Crippen LogP contribution >= 0.6 is 0 Å². The van der Waals surface area contributed by atoms with Gasteiger partial charge in [-0.15, -0.1) is 0 Å². The molecule has 2 bridgehead atoms. The lowest BCUT2D eigenvalue weighted by atomic mass is 10.2. The van der Waals surface area contributed by atoms with Crippen LogP contribution in [-0.4, -0.2) is 43.2 Å². The standard InChI is InChI=1S/C15H22N2O/c1-2-4-13(5-3-1)12-18-9-8-17-10-14-6-7-15(11-17)16-14/h1-5,14-16H,6-12H2. The van der Waals surface area contributed by atoms with Crippen LogP contribution in [0.5, 0.6) is 0 Å². The van der Waals surface area contributed by atoms with Crippen molar-refractivity contribution in [3.63, 3.8) is 0 Å². The molecule has 18 heavy (non-hydrogen) atoms. The van der Waals surface area contributed by atoms with Gasteiger partial charge in [-0.05, 0) is 18.4 Å². The number of nitrogens with zero attached hydrogens (tertiary/aromatic N) is 1. The average molecular weight is 246 g/mol. The molecule has 0 aliphatic carbocycles. The topological polar surface area (TPSA) is 24.5 Å². The Morgan fingerprint density at radius 3 is 2.56 bits per heavy atom. The molecule has 2 atom stereocenters. The van der Waals surface area contributed by atoms with E-state index in [1.54, 1.807) is 0 Å². The quantitative estimate of drug-likeness (QED) is 0.799. The normalized spacial score (nSPS) is 27.6. The molecule has 2 aliphatic heterocycles. The number of nitrogens with one attached hydrogen (secondary N) is 1. The van der Waals surface area contributed by atoms with Crippen LogP contribution in [0.25, 0.3) is 0 Å². The first-order valence-electron chi connectivity index (χ1n) is 7.00. The summed E-state index contributed by atoms with van der Waals surface area (Å²) in [4.78, 5) is 2.55. The monoisotopic (exact) mass is 246 g/mol. The summed E-state index contributed by atoms with van der Waals surface area (Å²) in [6.07, 6.45) is 2.71. The van der Waals surface area contributed by atoms with Crippen molar-refractivity contribution in [2.24, 2.45) is 0 Å². The molecule has 2 aliphatic rings. The lowest BCUT2D eigenvalue weighted by Crippen LogP contribution is -2.51. The molecule has 2 saturated heterocycles. The Morgan fingerprint density at radius 2 is 1.83 bits per heavy atom. The van der Waals surface area contributed by atoms with Crippen molar-refractivity contribution >= 4 is 0 Å². The molecule has 1 aromatic rings. The number of ether oxygens (including phenoxy) is 1. The van der Waals surface area contributed by atoms with Gasteiger partial charge in [-0.3, -0.25) is 4.90 Å². The van der Waals surface area contributed by atoms with E-state index in [9.17, 15) is 0 Å². The summed E-state index contributed by atoms with van der Waals surface area (Å²) < 4.78 is 5.75. The van der Waals surface area contributed by atoms with Gasteiger partial charge in [0.05, 0.1) is 13.2 Å². The maximum atomic E-state index is 5.75. The third kappa shape index (κ3) is 3.10. The third-order valence-corrected chi connectivity index (χ3v) is 3.96. The summed E-state index contributed by atoms with van der Waals surface area (Å²) in [6, 6.07) is 11.9. The predicted molar refractivity (Wildman–Crippen MR) is 72.5 cm³/mol. The predicted octanol–water partition coefficient (Wildman–Crippen LogP) is 1.64. The second-order valence-electron chi connectivity index (χ2n) is 5.44. The number of fused-ring (bicyclic) bond motifs is 2. The molecule has 3 nitrogen and oxygen atoms in total. The Hall–Kier alpha value is -0.900. The van der Waals surface area contributed by atoms with Crippen LogP contribution in [0.4, 0.5) is 0 Å². The van der Waals surface area contributed by atoms with Crippen LogP contribution in [0.15, 0.2) is 30.3 Å². The van der Waals surface area contributed by atoms with Gasteiger partial charge >= 0.3 is 0 Å². The summed E-state index contributed by atoms with van der Waals surface area (Å²) in [5, 5.41) is 3.65. The molecule has 98 valence electrons. The minimum Gasteiger partial charge on any atom is -0.375 e. The van der Waals surface area contributed by atoms with E-state index in [1.807, 2.05) is 6.07 Å². The third-order valence-electron chi connectivity index (χ3n) is 3.96. The first kappa shape index (κ1) is 12.2. The zero-order valence-electron chi connectivity index (χ0n) is 10.8. The summed E-state index contributed by atoms with van der Waals surface area (Å²) >= 11 is 0. The first-order chi connectivity index (χ1) is 8.90. The molecule has 0 amide bonds. The number of hydrogen-bond acceptors (Lipinski definition) is 3. The average Bonchev–Trinajstić information content (AvgIpc) is 2.75. The summed E-state index contributed by atoms with van der Waals surface area (Å²) in [5.41, 5.74) is 1.26. The number of piperazine rings is 1. The molecule has 0 saturated carbocycles. The number of rotatable bonds is 5. The second-order valence-corrected chi connectivity index (χ2v) is 5.44. The van der Waals surface area contributed by atoms with Gasteiger partial charge in [0.2, 0.25) is 0 Å². The fraction of sp³-hybridized carbons (Fsp3) is 0.600. The van der Waals surface area contributed by atoms with Crippen LogP contribution in [0.2, 0.25) is 0 Å². The summed E-state index contributed by atoms with van der Waals surface area (Å²) in [6.45, 7) is 5.05. The zero-order valence-corrected chi connectivity index (χ0v) is 10.8. The van der Waals surface area contributed by atoms with Crippen molar-refractivity contribution < 1.29 is 4.74 Å². The van der Waals surface area contributed by atoms with Gasteiger partial charge in [0.15, 0.2) is 0 Å². The summed E-state index contributed by atoms with van der Waals surface area (Å²) in [7, 11) is 0. The number of likely N-dealkylation sites (tertiary alicyclic amines) is 1. The molecule has 0 radical (unpaired) electrons. The Labute approximate surface area is 109 Å². The van der Waals surface area contributed by atoms with Gasteiger partial charge in [-0.1, -0.05) is 30.3 Å².